The third-order valence-electron chi connectivity index (χ3n) is 6.04. The summed E-state index contributed by atoms with van der Waals surface area (Å²) in [6.45, 7) is 5.14. The van der Waals surface area contributed by atoms with Crippen molar-refractivity contribution in [3.05, 3.63) is 105 Å². The summed E-state index contributed by atoms with van der Waals surface area (Å²) < 4.78 is 29.0. The van der Waals surface area contributed by atoms with Gasteiger partial charge in [0.2, 0.25) is 0 Å². The van der Waals surface area contributed by atoms with Gasteiger partial charge in [0.15, 0.2) is 17.6 Å². The highest BCUT2D eigenvalue weighted by atomic mass is 19.1. The Balaban J connectivity index is 0.000000482. The lowest BCUT2D eigenvalue weighted by atomic mass is 10.1. The molecule has 0 saturated carbocycles. The van der Waals surface area contributed by atoms with Crippen molar-refractivity contribution >= 4 is 17.0 Å². The van der Waals surface area contributed by atoms with Crippen molar-refractivity contribution in [2.45, 2.75) is 45.7 Å². The number of H-pyrrole nitrogens is 1. The van der Waals surface area contributed by atoms with Crippen LogP contribution in [0, 0.1) is 5.82 Å². The molecule has 1 atom stereocenters. The van der Waals surface area contributed by atoms with Gasteiger partial charge in [0.05, 0.1) is 5.52 Å². The normalized spacial score (nSPS) is 11.9. The molecule has 0 aliphatic rings. The molecule has 0 aliphatic carbocycles. The molecular weight excluding hydrogens is 519 g/mol. The van der Waals surface area contributed by atoms with Crippen LogP contribution in [-0.2, 0) is 27.3 Å². The van der Waals surface area contributed by atoms with Gasteiger partial charge in [-0.15, -0.1) is 0 Å². The lowest BCUT2D eigenvalue weighted by Crippen LogP contribution is -2.33. The number of methoxy groups -OCH3 is 1. The molecule has 2 heterocycles. The molecule has 1 unspecified atom stereocenters. The van der Waals surface area contributed by atoms with Gasteiger partial charge >= 0.3 is 5.97 Å². The number of pyridine rings is 2. The maximum Gasteiger partial charge on any atom is 0.335 e. The lowest BCUT2D eigenvalue weighted by Gasteiger charge is -2.17. The van der Waals surface area contributed by atoms with Gasteiger partial charge in [-0.3, -0.25) is 9.78 Å². The molecule has 0 radical (unpaired) electrons. The fraction of sp³-hybridized carbons (Fsp3) is 0.300. The summed E-state index contributed by atoms with van der Waals surface area (Å²) in [5.41, 5.74) is 1.98. The number of benzene rings is 2. The number of aliphatic hydroxyl groups excluding tert-OH is 1. The quantitative estimate of drug-likeness (QED) is 0.240. The molecule has 0 spiro atoms. The fourth-order valence-corrected chi connectivity index (χ4v) is 3.57. The van der Waals surface area contributed by atoms with E-state index >= 15 is 0 Å². The Morgan fingerprint density at radius 1 is 1.07 bits per heavy atom. The Kier molecular flexibility index (Phi) is 10.5. The Morgan fingerprint density at radius 3 is 2.33 bits per heavy atom. The Hall–Kier alpha value is -4.12. The fourth-order valence-electron chi connectivity index (χ4n) is 3.57. The minimum Gasteiger partial charge on any atom is -0.486 e. The van der Waals surface area contributed by atoms with Gasteiger partial charge in [-0.25, -0.2) is 9.18 Å². The summed E-state index contributed by atoms with van der Waals surface area (Å²) in [7, 11) is 1.37. The summed E-state index contributed by atoms with van der Waals surface area (Å²) in [5, 5.41) is 18.7. The van der Waals surface area contributed by atoms with E-state index in [-0.39, 0.29) is 30.3 Å². The number of carboxylic acids is 1. The number of carbonyl (C=O) groups is 1. The molecule has 0 aliphatic heterocycles. The van der Waals surface area contributed by atoms with Crippen molar-refractivity contribution < 1.29 is 33.6 Å². The molecule has 0 bridgehead atoms. The zero-order valence-electron chi connectivity index (χ0n) is 22.8. The highest BCUT2D eigenvalue weighted by Gasteiger charge is 2.25. The minimum absolute atomic E-state index is 0.0194. The van der Waals surface area contributed by atoms with Crippen LogP contribution in [0.5, 0.6) is 5.75 Å². The van der Waals surface area contributed by atoms with E-state index in [2.05, 4.69) is 14.7 Å². The third kappa shape index (κ3) is 7.95. The van der Waals surface area contributed by atoms with Crippen molar-refractivity contribution in [2.75, 3.05) is 13.7 Å². The number of aliphatic carboxylic acids is 1. The van der Waals surface area contributed by atoms with E-state index in [1.807, 2.05) is 30.3 Å². The van der Waals surface area contributed by atoms with Crippen LogP contribution in [0.1, 0.15) is 49.3 Å². The van der Waals surface area contributed by atoms with Crippen LogP contribution in [-0.4, -0.2) is 45.5 Å². The smallest absolute Gasteiger partial charge is 0.335 e. The minimum atomic E-state index is -1.44. The van der Waals surface area contributed by atoms with Gasteiger partial charge < -0.3 is 29.4 Å². The molecule has 212 valence electrons. The highest BCUT2D eigenvalue weighted by Crippen LogP contribution is 2.30. The summed E-state index contributed by atoms with van der Waals surface area (Å²) in [6, 6.07) is 17.5. The molecule has 2 aromatic heterocycles. The maximum absolute atomic E-state index is 13.2. The van der Waals surface area contributed by atoms with Gasteiger partial charge in [-0.05, 0) is 62.1 Å². The van der Waals surface area contributed by atoms with Crippen molar-refractivity contribution in [1.29, 1.82) is 0 Å². The first-order valence-corrected chi connectivity index (χ1v) is 12.6. The number of ether oxygens (including phenoxy) is 3. The van der Waals surface area contributed by atoms with E-state index in [4.69, 9.17) is 14.6 Å². The Bertz CT molecular complexity index is 1470. The topological polar surface area (TPSA) is 131 Å². The second-order valence-corrected chi connectivity index (χ2v) is 9.34. The van der Waals surface area contributed by atoms with E-state index < -0.39 is 23.4 Å². The third-order valence-corrected chi connectivity index (χ3v) is 6.04. The average Bonchev–Trinajstić information content (AvgIpc) is 2.93. The second kappa shape index (κ2) is 13.8. The molecule has 40 heavy (non-hydrogen) atoms. The Labute approximate surface area is 231 Å². The van der Waals surface area contributed by atoms with Gasteiger partial charge in [0.1, 0.15) is 23.5 Å². The first kappa shape index (κ1) is 30.4. The summed E-state index contributed by atoms with van der Waals surface area (Å²) in [6.07, 6.45) is 0.755. The standard InChI is InChI=1S/C25H23FN2O4.C5H10O3/c1-2-31-25(30)21-23(32-15-17-6-4-3-5-7-17)22-20(28-24(21)29)13-18(14-27-22)12-16-8-10-19(26)11-9-16;1-5(2,8-3)4(6)7/h3-11,13-14,25,30H,2,12,15H2,1H3,(H,28,29);1-3H3,(H,6,7). The lowest BCUT2D eigenvalue weighted by molar-refractivity contribution is -0.157. The summed E-state index contributed by atoms with van der Waals surface area (Å²) in [5.74, 6) is -1.06. The first-order valence-electron chi connectivity index (χ1n) is 12.6. The van der Waals surface area contributed by atoms with Crippen LogP contribution in [0.4, 0.5) is 4.39 Å². The van der Waals surface area contributed by atoms with Gasteiger partial charge in [0, 0.05) is 19.9 Å². The van der Waals surface area contributed by atoms with Crippen molar-refractivity contribution in [2.24, 2.45) is 0 Å². The van der Waals surface area contributed by atoms with Crippen molar-refractivity contribution in [1.82, 2.24) is 9.97 Å². The SMILES string of the molecule is CCOC(O)c1c(OCc2ccccc2)c2ncc(Cc3ccc(F)cc3)cc2[nH]c1=O.COC(C)(C)C(=O)O. The maximum atomic E-state index is 13.2. The number of fused-ring (bicyclic) bond motifs is 1. The molecule has 4 rings (SSSR count). The molecule has 9 nitrogen and oxygen atoms in total. The van der Waals surface area contributed by atoms with E-state index in [0.717, 1.165) is 16.7 Å². The molecule has 2 aromatic carbocycles. The largest absolute Gasteiger partial charge is 0.486 e. The number of nitrogens with one attached hydrogen (secondary N) is 1. The molecule has 4 aromatic rings. The molecule has 0 saturated heterocycles. The average molecular weight is 553 g/mol. The van der Waals surface area contributed by atoms with E-state index in [1.54, 1.807) is 31.3 Å². The number of nitrogens with zero attached hydrogens (tertiary/aromatic N) is 1. The predicted octanol–water partition coefficient (Wildman–Crippen LogP) is 4.76. The van der Waals surface area contributed by atoms with Crippen LogP contribution in [0.2, 0.25) is 0 Å². The van der Waals surface area contributed by atoms with Crippen molar-refractivity contribution in [3.8, 4) is 5.75 Å². The van der Waals surface area contributed by atoms with Gasteiger partial charge in [0.25, 0.3) is 5.56 Å². The Morgan fingerprint density at radius 2 is 1.75 bits per heavy atom. The second-order valence-electron chi connectivity index (χ2n) is 9.34. The van der Waals surface area contributed by atoms with Crippen LogP contribution < -0.4 is 10.3 Å². The number of aromatic nitrogens is 2. The van der Waals surface area contributed by atoms with Crippen LogP contribution in [0.3, 0.4) is 0 Å². The number of hydrogen-bond donors (Lipinski definition) is 3. The van der Waals surface area contributed by atoms with Crippen LogP contribution in [0.25, 0.3) is 11.0 Å². The number of hydrogen-bond acceptors (Lipinski definition) is 7. The number of rotatable bonds is 10. The van der Waals surface area contributed by atoms with Gasteiger partial charge in [-0.1, -0.05) is 42.5 Å². The zero-order valence-corrected chi connectivity index (χ0v) is 22.8. The first-order chi connectivity index (χ1) is 19.1. The van der Waals surface area contributed by atoms with Crippen LogP contribution in [0.15, 0.2) is 71.7 Å². The number of aliphatic hydroxyl groups is 1. The van der Waals surface area contributed by atoms with E-state index in [9.17, 15) is 19.1 Å². The zero-order chi connectivity index (χ0) is 29.3. The number of aromatic amines is 1. The molecular formula is C30H33FN2O7. The predicted molar refractivity (Wildman–Crippen MR) is 148 cm³/mol. The number of carboxylic acid groups (broad SMARTS) is 1. The summed E-state index contributed by atoms with van der Waals surface area (Å²) in [4.78, 5) is 30.3. The molecule has 3 N–H and O–H groups in total. The molecule has 0 fully saturated rings. The van der Waals surface area contributed by atoms with Gasteiger partial charge in [-0.2, -0.15) is 0 Å². The van der Waals surface area contributed by atoms with E-state index in [1.165, 1.54) is 33.1 Å². The van der Waals surface area contributed by atoms with Crippen molar-refractivity contribution in [3.63, 3.8) is 0 Å². The van der Waals surface area contributed by atoms with Crippen LogP contribution >= 0.6 is 0 Å². The molecule has 10 heteroatoms. The summed E-state index contributed by atoms with van der Waals surface area (Å²) >= 11 is 0. The highest BCUT2D eigenvalue weighted by molar-refractivity contribution is 5.82. The number of halogens is 1. The van der Waals surface area contributed by atoms with E-state index in [0.29, 0.717) is 17.5 Å². The monoisotopic (exact) mass is 552 g/mol. The molecule has 0 amide bonds.